The van der Waals surface area contributed by atoms with Crippen LogP contribution in [0.15, 0.2) is 144 Å². The zero-order valence-corrected chi connectivity index (χ0v) is 22.2. The third-order valence-electron chi connectivity index (χ3n) is 8.39. The van der Waals surface area contributed by atoms with Crippen molar-refractivity contribution in [1.82, 2.24) is 0 Å². The highest BCUT2D eigenvalue weighted by atomic mass is 79.9. The van der Waals surface area contributed by atoms with E-state index in [0.717, 1.165) is 4.47 Å². The maximum atomic E-state index is 3.91. The summed E-state index contributed by atoms with van der Waals surface area (Å²) in [6.07, 6.45) is 0. The van der Waals surface area contributed by atoms with Crippen molar-refractivity contribution in [2.45, 2.75) is 5.41 Å². The summed E-state index contributed by atoms with van der Waals surface area (Å²) in [5, 5.41) is 0. The van der Waals surface area contributed by atoms with Gasteiger partial charge in [-0.3, -0.25) is 0 Å². The van der Waals surface area contributed by atoms with Crippen molar-refractivity contribution in [1.29, 1.82) is 0 Å². The molecule has 2 aliphatic rings. The molecular formula is C37H23Br. The van der Waals surface area contributed by atoms with Gasteiger partial charge in [0.25, 0.3) is 0 Å². The quantitative estimate of drug-likeness (QED) is 0.202. The summed E-state index contributed by atoms with van der Waals surface area (Å²) < 4.78 is 1.15. The first-order valence-corrected chi connectivity index (χ1v) is 13.9. The van der Waals surface area contributed by atoms with Crippen LogP contribution in [-0.2, 0) is 5.41 Å². The van der Waals surface area contributed by atoms with Crippen molar-refractivity contribution >= 4 is 15.9 Å². The number of hydrogen-bond donors (Lipinski definition) is 0. The summed E-state index contributed by atoms with van der Waals surface area (Å²) >= 11 is 3.91. The number of benzene rings is 6. The van der Waals surface area contributed by atoms with Gasteiger partial charge in [-0.2, -0.15) is 0 Å². The highest BCUT2D eigenvalue weighted by Crippen LogP contribution is 2.64. The molecule has 6 aromatic carbocycles. The van der Waals surface area contributed by atoms with Gasteiger partial charge in [-0.1, -0.05) is 143 Å². The minimum Gasteiger partial charge on any atom is -0.0622 e. The van der Waals surface area contributed by atoms with Gasteiger partial charge in [0.05, 0.1) is 5.41 Å². The fraction of sp³-hybridized carbons (Fsp3) is 0.0270. The van der Waals surface area contributed by atoms with Crippen LogP contribution in [0.4, 0.5) is 0 Å². The Morgan fingerprint density at radius 2 is 0.921 bits per heavy atom. The Kier molecular flexibility index (Phi) is 4.68. The second-order valence-electron chi connectivity index (χ2n) is 10.2. The Labute approximate surface area is 231 Å². The van der Waals surface area contributed by atoms with Gasteiger partial charge in [-0.25, -0.2) is 0 Å². The third-order valence-corrected chi connectivity index (χ3v) is 9.05. The molecule has 6 aromatic rings. The number of fused-ring (bicyclic) bond motifs is 10. The molecular weight excluding hydrogens is 524 g/mol. The van der Waals surface area contributed by atoms with Crippen LogP contribution in [0.25, 0.3) is 44.5 Å². The average Bonchev–Trinajstić information content (AvgIpc) is 3.45. The van der Waals surface area contributed by atoms with E-state index < -0.39 is 0 Å². The first-order chi connectivity index (χ1) is 18.8. The normalized spacial score (nSPS) is 16.1. The fourth-order valence-corrected chi connectivity index (χ4v) is 7.49. The van der Waals surface area contributed by atoms with Crippen LogP contribution in [0.5, 0.6) is 0 Å². The van der Waals surface area contributed by atoms with Crippen LogP contribution in [0.2, 0.25) is 0 Å². The molecule has 0 saturated carbocycles. The molecule has 0 amide bonds. The molecule has 1 atom stereocenters. The topological polar surface area (TPSA) is 0 Å². The molecule has 8 rings (SSSR count). The molecule has 0 heterocycles. The number of rotatable bonds is 2. The molecule has 0 aromatic heterocycles. The van der Waals surface area contributed by atoms with Crippen molar-refractivity contribution in [2.75, 3.05) is 0 Å². The van der Waals surface area contributed by atoms with Gasteiger partial charge in [0.15, 0.2) is 0 Å². The molecule has 0 saturated heterocycles. The molecule has 0 radical (unpaired) electrons. The van der Waals surface area contributed by atoms with E-state index in [1.54, 1.807) is 0 Å². The van der Waals surface area contributed by atoms with E-state index in [4.69, 9.17) is 0 Å². The van der Waals surface area contributed by atoms with E-state index in [1.165, 1.54) is 66.8 Å². The van der Waals surface area contributed by atoms with E-state index >= 15 is 0 Å². The van der Waals surface area contributed by atoms with Crippen LogP contribution < -0.4 is 0 Å². The molecule has 0 bridgehead atoms. The van der Waals surface area contributed by atoms with Crippen molar-refractivity contribution in [3.05, 3.63) is 166 Å². The highest BCUT2D eigenvalue weighted by Gasteiger charge is 2.52. The van der Waals surface area contributed by atoms with Crippen molar-refractivity contribution in [2.24, 2.45) is 0 Å². The lowest BCUT2D eigenvalue weighted by atomic mass is 9.70. The van der Waals surface area contributed by atoms with E-state index in [0.29, 0.717) is 0 Å². The number of hydrogen-bond acceptors (Lipinski definition) is 0. The molecule has 1 unspecified atom stereocenters. The predicted octanol–water partition coefficient (Wildman–Crippen LogP) is 10.1. The van der Waals surface area contributed by atoms with Crippen LogP contribution in [0.1, 0.15) is 22.3 Å². The van der Waals surface area contributed by atoms with Crippen LogP contribution >= 0.6 is 15.9 Å². The summed E-state index contributed by atoms with van der Waals surface area (Å²) in [5.41, 5.74) is 15.4. The standard InChI is InChI=1S/C37H23Br/c38-35-20-10-19-33-36(35)30-16-7-9-18-32(30)37(33)31-17-8-6-15-28(31)29-22-21-25(23-34(29)37)27-14-5-4-13-26(27)24-11-2-1-3-12-24/h1-23H. The molecule has 0 aliphatic heterocycles. The lowest BCUT2D eigenvalue weighted by molar-refractivity contribution is 0.794. The van der Waals surface area contributed by atoms with E-state index in [1.807, 2.05) is 0 Å². The third kappa shape index (κ3) is 2.80. The summed E-state index contributed by atoms with van der Waals surface area (Å²) in [7, 11) is 0. The molecule has 2 aliphatic carbocycles. The summed E-state index contributed by atoms with van der Waals surface area (Å²) in [4.78, 5) is 0. The molecule has 1 spiro atoms. The summed E-state index contributed by atoms with van der Waals surface area (Å²) in [6.45, 7) is 0. The minimum atomic E-state index is -0.348. The molecule has 0 nitrogen and oxygen atoms in total. The van der Waals surface area contributed by atoms with Gasteiger partial charge >= 0.3 is 0 Å². The van der Waals surface area contributed by atoms with E-state index in [2.05, 4.69) is 155 Å². The second-order valence-corrected chi connectivity index (χ2v) is 11.0. The predicted molar refractivity (Wildman–Crippen MR) is 161 cm³/mol. The summed E-state index contributed by atoms with van der Waals surface area (Å²) in [5.74, 6) is 0. The Morgan fingerprint density at radius 1 is 0.368 bits per heavy atom. The Bertz CT molecular complexity index is 1880. The Balaban J connectivity index is 1.47. The second kappa shape index (κ2) is 8.15. The maximum absolute atomic E-state index is 3.91. The van der Waals surface area contributed by atoms with Gasteiger partial charge in [0.2, 0.25) is 0 Å². The SMILES string of the molecule is Brc1cccc2c1-c1ccccc1C21c2ccccc2-c2ccc(-c3ccccc3-c3ccccc3)cc21. The van der Waals surface area contributed by atoms with Gasteiger partial charge in [-0.15, -0.1) is 0 Å². The van der Waals surface area contributed by atoms with Gasteiger partial charge < -0.3 is 0 Å². The average molecular weight is 547 g/mol. The maximum Gasteiger partial charge on any atom is 0.0726 e. The monoisotopic (exact) mass is 546 g/mol. The zero-order valence-electron chi connectivity index (χ0n) is 20.7. The van der Waals surface area contributed by atoms with Crippen molar-refractivity contribution < 1.29 is 0 Å². The lowest BCUT2D eigenvalue weighted by Crippen LogP contribution is -2.25. The molecule has 0 fully saturated rings. The highest BCUT2D eigenvalue weighted by molar-refractivity contribution is 9.10. The zero-order chi connectivity index (χ0) is 25.3. The van der Waals surface area contributed by atoms with Gasteiger partial charge in [-0.05, 0) is 73.3 Å². The fourth-order valence-electron chi connectivity index (χ4n) is 6.92. The lowest BCUT2D eigenvalue weighted by Gasteiger charge is -2.30. The van der Waals surface area contributed by atoms with Gasteiger partial charge in [0, 0.05) is 10.0 Å². The van der Waals surface area contributed by atoms with Crippen molar-refractivity contribution in [3.8, 4) is 44.5 Å². The summed E-state index contributed by atoms with van der Waals surface area (Å²) in [6, 6.07) is 51.2. The first-order valence-electron chi connectivity index (χ1n) is 13.1. The first kappa shape index (κ1) is 21.8. The van der Waals surface area contributed by atoms with Crippen LogP contribution in [0.3, 0.4) is 0 Å². The van der Waals surface area contributed by atoms with Crippen LogP contribution in [-0.4, -0.2) is 0 Å². The van der Waals surface area contributed by atoms with Crippen LogP contribution in [0, 0.1) is 0 Å². The molecule has 1 heteroatoms. The number of halogens is 1. The van der Waals surface area contributed by atoms with E-state index in [-0.39, 0.29) is 5.41 Å². The molecule has 0 N–H and O–H groups in total. The molecule has 178 valence electrons. The van der Waals surface area contributed by atoms with E-state index in [9.17, 15) is 0 Å². The minimum absolute atomic E-state index is 0.348. The Morgan fingerprint density at radius 3 is 1.68 bits per heavy atom. The van der Waals surface area contributed by atoms with Crippen molar-refractivity contribution in [3.63, 3.8) is 0 Å². The molecule has 38 heavy (non-hydrogen) atoms. The smallest absolute Gasteiger partial charge is 0.0622 e. The van der Waals surface area contributed by atoms with Gasteiger partial charge in [0.1, 0.15) is 0 Å². The largest absolute Gasteiger partial charge is 0.0726 e. The Hall–Kier alpha value is -4.20.